The van der Waals surface area contributed by atoms with Gasteiger partial charge in [0.05, 0.1) is 16.9 Å². The van der Waals surface area contributed by atoms with Crippen LogP contribution in [0.25, 0.3) is 0 Å². The fraction of sp³-hybridized carbons (Fsp3) is 0.440. The quantitative estimate of drug-likeness (QED) is 0.354. The van der Waals surface area contributed by atoms with Gasteiger partial charge in [0.25, 0.3) is 5.69 Å². The number of carbonyl (C=O) groups excluding carboxylic acids is 2. The van der Waals surface area contributed by atoms with E-state index in [4.69, 9.17) is 11.6 Å². The van der Waals surface area contributed by atoms with Gasteiger partial charge in [0.1, 0.15) is 12.6 Å². The molecule has 1 saturated carbocycles. The number of anilines is 1. The van der Waals surface area contributed by atoms with Gasteiger partial charge in [-0.25, -0.2) is 8.42 Å². The number of carbonyl (C=O) groups is 2. The Morgan fingerprint density at radius 1 is 1.16 bits per heavy atom. The van der Waals surface area contributed by atoms with Gasteiger partial charge >= 0.3 is 0 Å². The third kappa shape index (κ3) is 7.42. The van der Waals surface area contributed by atoms with Crippen molar-refractivity contribution in [3.8, 4) is 0 Å². The Balaban J connectivity index is 1.93. The van der Waals surface area contributed by atoms with Crippen LogP contribution in [0.3, 0.4) is 0 Å². The molecule has 1 atom stereocenters. The largest absolute Gasteiger partial charge is 0.352 e. The maximum absolute atomic E-state index is 13.6. The van der Waals surface area contributed by atoms with Gasteiger partial charge in [-0.15, -0.1) is 0 Å². The molecule has 10 nitrogen and oxygen atoms in total. The predicted molar refractivity (Wildman–Crippen MR) is 142 cm³/mol. The van der Waals surface area contributed by atoms with Crippen molar-refractivity contribution in [3.05, 3.63) is 68.7 Å². The number of nitro benzene ring substituents is 1. The van der Waals surface area contributed by atoms with Gasteiger partial charge in [-0.05, 0) is 49.9 Å². The molecule has 0 unspecified atom stereocenters. The lowest BCUT2D eigenvalue weighted by Crippen LogP contribution is -2.52. The van der Waals surface area contributed by atoms with Crippen molar-refractivity contribution in [2.45, 2.75) is 58.2 Å². The molecule has 0 heterocycles. The van der Waals surface area contributed by atoms with Crippen LogP contribution in [0.15, 0.2) is 42.5 Å². The molecule has 2 aromatic carbocycles. The molecule has 37 heavy (non-hydrogen) atoms. The van der Waals surface area contributed by atoms with E-state index in [9.17, 15) is 28.1 Å². The van der Waals surface area contributed by atoms with Crippen molar-refractivity contribution >= 4 is 44.8 Å². The molecule has 2 amide bonds. The summed E-state index contributed by atoms with van der Waals surface area (Å²) in [5, 5.41) is 14.8. The number of hydrogen-bond donors (Lipinski definition) is 1. The van der Waals surface area contributed by atoms with Crippen LogP contribution >= 0.6 is 11.6 Å². The summed E-state index contributed by atoms with van der Waals surface area (Å²) in [5.41, 5.74) is 0.874. The third-order valence-electron chi connectivity index (χ3n) is 6.49. The number of benzene rings is 2. The van der Waals surface area contributed by atoms with E-state index in [0.717, 1.165) is 42.3 Å². The minimum atomic E-state index is -4.01. The van der Waals surface area contributed by atoms with E-state index in [2.05, 4.69) is 5.32 Å². The average Bonchev–Trinajstić information content (AvgIpc) is 3.34. The Hall–Kier alpha value is -3.18. The van der Waals surface area contributed by atoms with Crippen molar-refractivity contribution < 1.29 is 22.9 Å². The monoisotopic (exact) mass is 550 g/mol. The summed E-state index contributed by atoms with van der Waals surface area (Å²) in [7, 11) is -4.01. The second-order valence-electron chi connectivity index (χ2n) is 9.31. The van der Waals surface area contributed by atoms with Gasteiger partial charge in [0.2, 0.25) is 21.8 Å². The molecule has 2 aromatic rings. The first kappa shape index (κ1) is 28.4. The van der Waals surface area contributed by atoms with Crippen LogP contribution in [0, 0.1) is 17.0 Å². The molecule has 0 saturated heterocycles. The van der Waals surface area contributed by atoms with E-state index < -0.39 is 33.4 Å². The van der Waals surface area contributed by atoms with Crippen LogP contribution < -0.4 is 9.62 Å². The zero-order chi connectivity index (χ0) is 27.3. The molecule has 12 heteroatoms. The lowest BCUT2D eigenvalue weighted by Gasteiger charge is -2.32. The molecule has 200 valence electrons. The van der Waals surface area contributed by atoms with E-state index in [1.165, 1.54) is 17.0 Å². The van der Waals surface area contributed by atoms with Crippen LogP contribution in [0.5, 0.6) is 0 Å². The second-order valence-corrected chi connectivity index (χ2v) is 11.7. The van der Waals surface area contributed by atoms with Gasteiger partial charge in [-0.1, -0.05) is 42.6 Å². The number of sulfonamides is 1. The summed E-state index contributed by atoms with van der Waals surface area (Å²) >= 11 is 5.99. The zero-order valence-electron chi connectivity index (χ0n) is 21.0. The molecule has 1 aliphatic rings. The third-order valence-corrected chi connectivity index (χ3v) is 7.86. The van der Waals surface area contributed by atoms with E-state index in [-0.39, 0.29) is 29.9 Å². The number of nitro groups is 1. The van der Waals surface area contributed by atoms with Gasteiger partial charge in [-0.2, -0.15) is 0 Å². The molecule has 0 aliphatic heterocycles. The lowest BCUT2D eigenvalue weighted by atomic mass is 10.1. The molecule has 1 aliphatic carbocycles. The van der Waals surface area contributed by atoms with Gasteiger partial charge in [0, 0.05) is 29.7 Å². The minimum Gasteiger partial charge on any atom is -0.352 e. The number of amides is 2. The Morgan fingerprint density at radius 3 is 2.35 bits per heavy atom. The molecule has 0 bridgehead atoms. The highest BCUT2D eigenvalue weighted by atomic mass is 35.5. The molecule has 0 radical (unpaired) electrons. The van der Waals surface area contributed by atoms with E-state index in [1.54, 1.807) is 38.1 Å². The van der Waals surface area contributed by atoms with Crippen LogP contribution in [0.2, 0.25) is 5.02 Å². The van der Waals surface area contributed by atoms with E-state index in [1.807, 2.05) is 0 Å². The van der Waals surface area contributed by atoms with Crippen LogP contribution in [-0.2, 0) is 26.2 Å². The summed E-state index contributed by atoms with van der Waals surface area (Å²) in [6, 6.07) is 9.76. The van der Waals surface area contributed by atoms with Crippen LogP contribution in [-0.4, -0.2) is 54.9 Å². The van der Waals surface area contributed by atoms with E-state index in [0.29, 0.717) is 16.1 Å². The first-order valence-electron chi connectivity index (χ1n) is 11.9. The van der Waals surface area contributed by atoms with Crippen molar-refractivity contribution in [2.75, 3.05) is 17.1 Å². The highest BCUT2D eigenvalue weighted by Crippen LogP contribution is 2.28. The van der Waals surface area contributed by atoms with Crippen LogP contribution in [0.1, 0.15) is 43.7 Å². The maximum atomic E-state index is 13.6. The summed E-state index contributed by atoms with van der Waals surface area (Å²) in [5.74, 6) is -0.952. The topological polar surface area (TPSA) is 130 Å². The molecule has 1 fully saturated rings. The number of aryl methyl sites for hydroxylation is 1. The fourth-order valence-corrected chi connectivity index (χ4v) is 5.36. The molecular formula is C25H31ClN4O6S. The Labute approximate surface area is 221 Å². The number of nitrogens with one attached hydrogen (secondary N) is 1. The predicted octanol–water partition coefficient (Wildman–Crippen LogP) is 3.80. The minimum absolute atomic E-state index is 0.0274. The SMILES string of the molecule is Cc1ccc([N+](=O)[O-])cc1N(CC(=O)N(Cc1ccc(Cl)cc1)[C@H](C)C(=O)NC1CCCC1)S(C)(=O)=O. The number of nitrogens with zero attached hydrogens (tertiary/aromatic N) is 3. The zero-order valence-corrected chi connectivity index (χ0v) is 22.6. The summed E-state index contributed by atoms with van der Waals surface area (Å²) in [6.07, 6.45) is 4.73. The maximum Gasteiger partial charge on any atom is 0.271 e. The van der Waals surface area contributed by atoms with Gasteiger partial charge in [-0.3, -0.25) is 24.0 Å². The molecular weight excluding hydrogens is 520 g/mol. The Bertz CT molecular complexity index is 1260. The summed E-state index contributed by atoms with van der Waals surface area (Å²) in [4.78, 5) is 38.7. The van der Waals surface area contributed by atoms with Gasteiger partial charge in [0.15, 0.2) is 0 Å². The summed E-state index contributed by atoms with van der Waals surface area (Å²) < 4.78 is 26.3. The normalized spacial score (nSPS) is 14.7. The van der Waals surface area contributed by atoms with Crippen LogP contribution in [0.4, 0.5) is 11.4 Å². The Kier molecular flexibility index (Phi) is 9.14. The van der Waals surface area contributed by atoms with Gasteiger partial charge < -0.3 is 10.2 Å². The van der Waals surface area contributed by atoms with Crippen molar-refractivity contribution in [3.63, 3.8) is 0 Å². The molecule has 0 spiro atoms. The number of rotatable bonds is 10. The second kappa shape index (κ2) is 11.9. The average molecular weight is 551 g/mol. The molecule has 1 N–H and O–H groups in total. The van der Waals surface area contributed by atoms with Crippen molar-refractivity contribution in [1.82, 2.24) is 10.2 Å². The first-order chi connectivity index (χ1) is 17.4. The highest BCUT2D eigenvalue weighted by molar-refractivity contribution is 7.92. The Morgan fingerprint density at radius 2 is 1.78 bits per heavy atom. The standard InChI is InChI=1S/C25H31ClN4O6S/c1-17-8-13-22(30(33)34)14-23(17)29(37(3,35)36)16-24(31)28(15-19-9-11-20(26)12-10-19)18(2)25(32)27-21-6-4-5-7-21/h8-14,18,21H,4-7,15-16H2,1-3H3,(H,27,32)/t18-/m1/s1. The fourth-order valence-electron chi connectivity index (χ4n) is 4.34. The lowest BCUT2D eigenvalue weighted by molar-refractivity contribution is -0.384. The molecule has 0 aromatic heterocycles. The number of non-ortho nitro benzene ring substituents is 1. The number of hydrogen-bond acceptors (Lipinski definition) is 6. The first-order valence-corrected chi connectivity index (χ1v) is 14.2. The van der Waals surface area contributed by atoms with Crippen molar-refractivity contribution in [1.29, 1.82) is 0 Å². The smallest absolute Gasteiger partial charge is 0.271 e. The van der Waals surface area contributed by atoms with E-state index >= 15 is 0 Å². The highest BCUT2D eigenvalue weighted by Gasteiger charge is 2.32. The molecule has 3 rings (SSSR count). The summed E-state index contributed by atoms with van der Waals surface area (Å²) in [6.45, 7) is 2.61. The van der Waals surface area contributed by atoms with Crippen molar-refractivity contribution in [2.24, 2.45) is 0 Å². The number of halogens is 1.